The SMILES string of the molecule is CCc1c(F)c(SCC(=O)NC)c2[nH]ncc2c1-c1ccn2nc(NC(=O)[C@@H]3C[C@@H]3F)cc2c1.O=C(O)C(F)(F)F.O=C(O)C(F)(F)F. The molecule has 5 rings (SSSR count). The Morgan fingerprint density at radius 2 is 1.67 bits per heavy atom. The molecule has 0 bridgehead atoms. The zero-order chi connectivity index (χ0) is 36.1. The summed E-state index contributed by atoms with van der Waals surface area (Å²) in [5.41, 5.74) is 3.22. The van der Waals surface area contributed by atoms with Crippen molar-refractivity contribution < 1.29 is 64.5 Å². The predicted molar refractivity (Wildman–Crippen MR) is 153 cm³/mol. The van der Waals surface area contributed by atoms with Crippen molar-refractivity contribution >= 4 is 57.8 Å². The van der Waals surface area contributed by atoms with Crippen LogP contribution in [0.2, 0.25) is 0 Å². The molecule has 48 heavy (non-hydrogen) atoms. The van der Waals surface area contributed by atoms with E-state index in [9.17, 15) is 40.3 Å². The van der Waals surface area contributed by atoms with Gasteiger partial charge < -0.3 is 20.8 Å². The van der Waals surface area contributed by atoms with Gasteiger partial charge in [-0.15, -0.1) is 11.8 Å². The lowest BCUT2D eigenvalue weighted by Crippen LogP contribution is -2.21. The number of alkyl halides is 7. The lowest BCUT2D eigenvalue weighted by atomic mass is 9.94. The van der Waals surface area contributed by atoms with Gasteiger partial charge >= 0.3 is 24.3 Å². The Balaban J connectivity index is 0.000000376. The molecular formula is C27H24F8N6O6S. The number of carboxylic acids is 2. The van der Waals surface area contributed by atoms with Gasteiger partial charge in [0.25, 0.3) is 0 Å². The molecule has 260 valence electrons. The molecule has 1 aliphatic rings. The molecule has 2 atom stereocenters. The lowest BCUT2D eigenvalue weighted by molar-refractivity contribution is -0.193. The third kappa shape index (κ3) is 9.10. The first-order chi connectivity index (χ1) is 22.3. The number of aliphatic carboxylic acids is 2. The van der Waals surface area contributed by atoms with Crippen molar-refractivity contribution in [2.24, 2.45) is 5.92 Å². The number of aromatic nitrogens is 4. The number of nitrogens with one attached hydrogen (secondary N) is 3. The van der Waals surface area contributed by atoms with Gasteiger partial charge in [-0.25, -0.2) is 22.9 Å². The van der Waals surface area contributed by atoms with E-state index in [1.54, 1.807) is 30.0 Å². The Kier molecular flexibility index (Phi) is 11.6. The van der Waals surface area contributed by atoms with E-state index >= 15 is 4.39 Å². The number of rotatable bonds is 7. The maximum absolute atomic E-state index is 15.7. The number of carbonyl (C=O) groups is 4. The Labute approximate surface area is 267 Å². The fourth-order valence-electron chi connectivity index (χ4n) is 4.04. The second-order valence-electron chi connectivity index (χ2n) is 9.74. The first kappa shape index (κ1) is 37.5. The summed E-state index contributed by atoms with van der Waals surface area (Å²) in [6.07, 6.45) is -7.18. The Bertz CT molecular complexity index is 1820. The van der Waals surface area contributed by atoms with Crippen LogP contribution in [0.5, 0.6) is 0 Å². The van der Waals surface area contributed by atoms with Gasteiger partial charge in [-0.05, 0) is 41.7 Å². The van der Waals surface area contributed by atoms with Gasteiger partial charge in [0.15, 0.2) is 5.82 Å². The summed E-state index contributed by atoms with van der Waals surface area (Å²) in [6.45, 7) is 1.88. The fraction of sp³-hybridized carbons (Fsp3) is 0.333. The second kappa shape index (κ2) is 14.9. The van der Waals surface area contributed by atoms with E-state index in [1.165, 1.54) is 0 Å². The number of halogens is 8. The molecule has 1 saturated carbocycles. The van der Waals surface area contributed by atoms with Crippen LogP contribution in [-0.4, -0.2) is 85.1 Å². The molecule has 0 unspecified atom stereocenters. The molecule has 1 aromatic carbocycles. The molecule has 21 heteroatoms. The van der Waals surface area contributed by atoms with E-state index in [2.05, 4.69) is 25.9 Å². The fourth-order valence-corrected chi connectivity index (χ4v) is 5.01. The molecule has 12 nitrogen and oxygen atoms in total. The van der Waals surface area contributed by atoms with Crippen molar-refractivity contribution in [3.63, 3.8) is 0 Å². The number of pyridine rings is 1. The predicted octanol–water partition coefficient (Wildman–Crippen LogP) is 4.98. The van der Waals surface area contributed by atoms with Crippen LogP contribution >= 0.6 is 11.8 Å². The number of hydrogen-bond acceptors (Lipinski definition) is 7. The smallest absolute Gasteiger partial charge is 0.475 e. The highest BCUT2D eigenvalue weighted by molar-refractivity contribution is 8.00. The van der Waals surface area contributed by atoms with Gasteiger partial charge in [0.05, 0.1) is 33.8 Å². The molecule has 5 N–H and O–H groups in total. The summed E-state index contributed by atoms with van der Waals surface area (Å²) >= 11 is 1.13. The van der Waals surface area contributed by atoms with E-state index in [-0.39, 0.29) is 29.8 Å². The summed E-state index contributed by atoms with van der Waals surface area (Å²) in [5.74, 6) is -6.66. The molecule has 1 fully saturated rings. The maximum atomic E-state index is 15.7. The number of fused-ring (bicyclic) bond motifs is 2. The highest BCUT2D eigenvalue weighted by Crippen LogP contribution is 2.40. The number of carbonyl (C=O) groups excluding carboxylic acids is 2. The van der Waals surface area contributed by atoms with Crippen LogP contribution < -0.4 is 10.6 Å². The Morgan fingerprint density at radius 3 is 2.17 bits per heavy atom. The van der Waals surface area contributed by atoms with Gasteiger partial charge in [-0.3, -0.25) is 14.7 Å². The molecule has 1 aliphatic carbocycles. The molecule has 0 radical (unpaired) electrons. The van der Waals surface area contributed by atoms with Gasteiger partial charge in [0, 0.05) is 24.7 Å². The standard InChI is InChI=1S/C23H22F2N6O2S.2C2HF3O2/c1-3-13-19(15-9-27-29-21(15)22(20(13)25)34-10-18(32)26-2)11-4-5-31-12(6-11)7-17(30-31)28-23(33)14-8-16(14)24;2*3-2(4,5)1(6)7/h4-7,9,14,16H,3,8,10H2,1-2H3,(H,26,32)(H,27,29)(H,28,30,33);2*(H,6,7)/t14-,16+;;/m1../s1. The summed E-state index contributed by atoms with van der Waals surface area (Å²) in [7, 11) is 1.54. The van der Waals surface area contributed by atoms with E-state index in [0.717, 1.165) is 22.7 Å². The third-order valence-corrected chi connectivity index (χ3v) is 7.50. The molecule has 3 heterocycles. The minimum Gasteiger partial charge on any atom is -0.475 e. The summed E-state index contributed by atoms with van der Waals surface area (Å²) in [5, 5.41) is 31.5. The van der Waals surface area contributed by atoms with Crippen molar-refractivity contribution in [1.82, 2.24) is 25.1 Å². The zero-order valence-corrected chi connectivity index (χ0v) is 25.3. The molecule has 3 aromatic heterocycles. The van der Waals surface area contributed by atoms with Gasteiger partial charge in [0.1, 0.15) is 12.0 Å². The largest absolute Gasteiger partial charge is 0.490 e. The minimum atomic E-state index is -5.08. The number of nitrogens with zero attached hydrogens (tertiary/aromatic N) is 3. The topological polar surface area (TPSA) is 179 Å². The van der Waals surface area contributed by atoms with Gasteiger partial charge in [0.2, 0.25) is 11.8 Å². The number of carboxylic acid groups (broad SMARTS) is 2. The van der Waals surface area contributed by atoms with Crippen LogP contribution in [0.4, 0.5) is 40.9 Å². The van der Waals surface area contributed by atoms with Crippen LogP contribution in [0.25, 0.3) is 27.5 Å². The molecule has 0 saturated heterocycles. The number of amides is 2. The summed E-state index contributed by atoms with van der Waals surface area (Å²) in [4.78, 5) is 41.9. The quantitative estimate of drug-likeness (QED) is 0.131. The number of aromatic amines is 1. The summed E-state index contributed by atoms with van der Waals surface area (Å²) < 4.78 is 93.9. The normalized spacial score (nSPS) is 15.5. The minimum absolute atomic E-state index is 0.0876. The second-order valence-corrected chi connectivity index (χ2v) is 10.7. The van der Waals surface area contributed by atoms with Crippen molar-refractivity contribution in [2.45, 2.75) is 43.2 Å². The average Bonchev–Trinajstić information content (AvgIpc) is 3.35. The number of anilines is 1. The molecule has 0 aliphatic heterocycles. The van der Waals surface area contributed by atoms with Crippen LogP contribution in [0.1, 0.15) is 18.9 Å². The van der Waals surface area contributed by atoms with E-state index in [1.807, 2.05) is 19.1 Å². The van der Waals surface area contributed by atoms with Crippen LogP contribution in [-0.2, 0) is 25.6 Å². The van der Waals surface area contributed by atoms with Gasteiger partial charge in [-0.2, -0.15) is 36.5 Å². The molecule has 0 spiro atoms. The Morgan fingerprint density at radius 1 is 1.08 bits per heavy atom. The van der Waals surface area contributed by atoms with E-state index in [4.69, 9.17) is 19.8 Å². The zero-order valence-electron chi connectivity index (χ0n) is 24.5. The lowest BCUT2D eigenvalue weighted by Gasteiger charge is -2.15. The number of benzene rings is 1. The van der Waals surface area contributed by atoms with Crippen LogP contribution in [0, 0.1) is 11.7 Å². The number of hydrogen-bond donors (Lipinski definition) is 5. The first-order valence-corrected chi connectivity index (χ1v) is 14.3. The highest BCUT2D eigenvalue weighted by atomic mass is 32.2. The average molecular weight is 713 g/mol. The molecule has 2 amide bonds. The van der Waals surface area contributed by atoms with Crippen LogP contribution in [0.3, 0.4) is 0 Å². The number of thioether (sulfide) groups is 1. The first-order valence-electron chi connectivity index (χ1n) is 13.4. The highest BCUT2D eigenvalue weighted by Gasteiger charge is 2.44. The molecular weight excluding hydrogens is 688 g/mol. The summed E-state index contributed by atoms with van der Waals surface area (Å²) in [6, 6.07) is 5.37. The van der Waals surface area contributed by atoms with Crippen molar-refractivity contribution in [3.8, 4) is 11.1 Å². The van der Waals surface area contributed by atoms with Gasteiger partial charge in [-0.1, -0.05) is 6.92 Å². The molecule has 4 aromatic rings. The van der Waals surface area contributed by atoms with E-state index in [0.29, 0.717) is 39.3 Å². The van der Waals surface area contributed by atoms with Crippen molar-refractivity contribution in [1.29, 1.82) is 0 Å². The monoisotopic (exact) mass is 712 g/mol. The third-order valence-electron chi connectivity index (χ3n) is 6.42. The van der Waals surface area contributed by atoms with E-state index < -0.39 is 36.4 Å². The number of H-pyrrole nitrogens is 1. The maximum Gasteiger partial charge on any atom is 0.490 e. The van der Waals surface area contributed by atoms with Crippen LogP contribution in [0.15, 0.2) is 35.5 Å². The van der Waals surface area contributed by atoms with Crippen molar-refractivity contribution in [3.05, 3.63) is 42.0 Å². The van der Waals surface area contributed by atoms with Crippen molar-refractivity contribution in [2.75, 3.05) is 18.1 Å². The Hall–Kier alpha value is -4.95.